The third-order valence-electron chi connectivity index (χ3n) is 4.77. The molecule has 0 aromatic heterocycles. The molecule has 1 nitrogen and oxygen atoms in total. The average Bonchev–Trinajstić information content (AvgIpc) is 2.14. The van der Waals surface area contributed by atoms with Crippen molar-refractivity contribution in [2.24, 2.45) is 11.3 Å². The fourth-order valence-electron chi connectivity index (χ4n) is 2.20. The lowest BCUT2D eigenvalue weighted by Crippen LogP contribution is -2.44. The molecule has 0 saturated heterocycles. The first kappa shape index (κ1) is 16.0. The highest BCUT2D eigenvalue weighted by Crippen LogP contribution is 2.41. The van der Waals surface area contributed by atoms with Gasteiger partial charge in [-0.2, -0.15) is 0 Å². The molecule has 18 heavy (non-hydrogen) atoms. The van der Waals surface area contributed by atoms with Gasteiger partial charge >= 0.3 is 0 Å². The number of rotatable bonds is 2. The van der Waals surface area contributed by atoms with Crippen molar-refractivity contribution in [2.75, 3.05) is 0 Å². The Bertz CT molecular complexity index is 304. The van der Waals surface area contributed by atoms with Crippen LogP contribution in [0.2, 0.25) is 18.1 Å². The summed E-state index contributed by atoms with van der Waals surface area (Å²) in [6, 6.07) is 0. The van der Waals surface area contributed by atoms with Crippen molar-refractivity contribution < 1.29 is 4.43 Å². The van der Waals surface area contributed by atoms with E-state index in [-0.39, 0.29) is 0 Å². The van der Waals surface area contributed by atoms with Crippen LogP contribution in [0.4, 0.5) is 0 Å². The molecule has 0 bridgehead atoms. The number of hydrogen-bond donors (Lipinski definition) is 0. The molecule has 2 heteroatoms. The molecular formula is C16H32OSi. The molecule has 1 aliphatic carbocycles. The van der Waals surface area contributed by atoms with Gasteiger partial charge in [0.25, 0.3) is 0 Å². The normalized spacial score (nSPS) is 26.4. The predicted molar refractivity (Wildman–Crippen MR) is 83.4 cm³/mol. The van der Waals surface area contributed by atoms with Crippen LogP contribution < -0.4 is 0 Å². The van der Waals surface area contributed by atoms with Crippen LogP contribution in [0.25, 0.3) is 0 Å². The van der Waals surface area contributed by atoms with E-state index in [1.165, 1.54) is 12.8 Å². The van der Waals surface area contributed by atoms with Crippen LogP contribution >= 0.6 is 0 Å². The van der Waals surface area contributed by atoms with E-state index in [1.807, 2.05) is 0 Å². The zero-order valence-electron chi connectivity index (χ0n) is 13.6. The van der Waals surface area contributed by atoms with Crippen molar-refractivity contribution in [2.45, 2.75) is 78.6 Å². The molecule has 0 aliphatic heterocycles. The minimum absolute atomic E-state index is 0.301. The average molecular weight is 269 g/mol. The molecule has 106 valence electrons. The summed E-state index contributed by atoms with van der Waals surface area (Å²) >= 11 is 0. The van der Waals surface area contributed by atoms with E-state index >= 15 is 0 Å². The van der Waals surface area contributed by atoms with Gasteiger partial charge in [-0.1, -0.05) is 53.7 Å². The van der Waals surface area contributed by atoms with E-state index in [9.17, 15) is 0 Å². The van der Waals surface area contributed by atoms with Gasteiger partial charge in [0.05, 0.1) is 6.10 Å². The highest BCUT2D eigenvalue weighted by atomic mass is 28.4. The summed E-state index contributed by atoms with van der Waals surface area (Å²) in [6.07, 6.45) is 7.36. The highest BCUT2D eigenvalue weighted by molar-refractivity contribution is 6.74. The first-order chi connectivity index (χ1) is 7.93. The fourth-order valence-corrected chi connectivity index (χ4v) is 3.48. The maximum absolute atomic E-state index is 6.52. The van der Waals surface area contributed by atoms with Crippen molar-refractivity contribution in [3.8, 4) is 0 Å². The third-order valence-corrected chi connectivity index (χ3v) is 9.27. The second-order valence-electron chi connectivity index (χ2n) is 8.38. The monoisotopic (exact) mass is 268 g/mol. The number of hydrogen-bond acceptors (Lipinski definition) is 1. The molecule has 1 aliphatic rings. The van der Waals surface area contributed by atoms with E-state index in [4.69, 9.17) is 4.43 Å². The van der Waals surface area contributed by atoms with Gasteiger partial charge in [-0.3, -0.25) is 0 Å². The van der Waals surface area contributed by atoms with E-state index in [0.717, 1.165) is 5.92 Å². The van der Waals surface area contributed by atoms with Crippen LogP contribution in [0.15, 0.2) is 12.2 Å². The molecule has 0 spiro atoms. The molecule has 0 heterocycles. The van der Waals surface area contributed by atoms with Crippen molar-refractivity contribution >= 4 is 8.32 Å². The molecular weight excluding hydrogens is 236 g/mol. The van der Waals surface area contributed by atoms with Crippen LogP contribution in [0.1, 0.15) is 54.4 Å². The molecule has 1 rings (SSSR count). The quantitative estimate of drug-likeness (QED) is 0.482. The van der Waals surface area contributed by atoms with Gasteiger partial charge in [-0.25, -0.2) is 0 Å². The Morgan fingerprint density at radius 2 is 1.61 bits per heavy atom. The Morgan fingerprint density at radius 3 is 2.06 bits per heavy atom. The lowest BCUT2D eigenvalue weighted by Gasteiger charge is -2.42. The Labute approximate surface area is 115 Å². The van der Waals surface area contributed by atoms with Gasteiger partial charge in [0.15, 0.2) is 8.32 Å². The molecule has 0 amide bonds. The Hall–Kier alpha value is -0.0831. The summed E-state index contributed by atoms with van der Waals surface area (Å²) in [5.74, 6) is 0.747. The maximum atomic E-state index is 6.52. The summed E-state index contributed by atoms with van der Waals surface area (Å²) in [6.45, 7) is 18.7. The predicted octanol–water partition coefficient (Wildman–Crippen LogP) is 5.39. The summed E-state index contributed by atoms with van der Waals surface area (Å²) < 4.78 is 6.52. The minimum atomic E-state index is -1.63. The maximum Gasteiger partial charge on any atom is 0.192 e. The molecule has 0 fully saturated rings. The zero-order chi connectivity index (χ0) is 14.2. The first-order valence-corrected chi connectivity index (χ1v) is 10.2. The Kier molecular flexibility index (Phi) is 4.55. The Balaban J connectivity index is 2.70. The molecule has 0 unspecified atom stereocenters. The van der Waals surface area contributed by atoms with Gasteiger partial charge in [0.2, 0.25) is 0 Å². The van der Waals surface area contributed by atoms with E-state index in [1.54, 1.807) is 0 Å². The fraction of sp³-hybridized carbons (Fsp3) is 0.875. The third kappa shape index (κ3) is 3.96. The number of allylic oxidation sites excluding steroid dienone is 1. The largest absolute Gasteiger partial charge is 0.411 e. The van der Waals surface area contributed by atoms with Gasteiger partial charge in [-0.15, -0.1) is 0 Å². The van der Waals surface area contributed by atoms with Crippen LogP contribution in [0.3, 0.4) is 0 Å². The summed E-state index contributed by atoms with van der Waals surface area (Å²) in [5, 5.41) is 0.301. The minimum Gasteiger partial charge on any atom is -0.411 e. The van der Waals surface area contributed by atoms with Crippen molar-refractivity contribution in [1.82, 2.24) is 0 Å². The molecule has 0 aromatic carbocycles. The van der Waals surface area contributed by atoms with E-state index in [0.29, 0.717) is 16.6 Å². The van der Waals surface area contributed by atoms with Gasteiger partial charge < -0.3 is 4.43 Å². The van der Waals surface area contributed by atoms with Crippen molar-refractivity contribution in [1.29, 1.82) is 0 Å². The second-order valence-corrected chi connectivity index (χ2v) is 13.1. The lowest BCUT2D eigenvalue weighted by atomic mass is 9.74. The topological polar surface area (TPSA) is 9.23 Å². The van der Waals surface area contributed by atoms with E-state index in [2.05, 4.69) is 66.8 Å². The molecule has 0 aromatic rings. The van der Waals surface area contributed by atoms with Crippen LogP contribution in [0.5, 0.6) is 0 Å². The Morgan fingerprint density at radius 1 is 1.06 bits per heavy atom. The van der Waals surface area contributed by atoms with E-state index < -0.39 is 8.32 Å². The van der Waals surface area contributed by atoms with Crippen LogP contribution in [-0.2, 0) is 4.43 Å². The second kappa shape index (κ2) is 5.13. The zero-order valence-corrected chi connectivity index (χ0v) is 14.6. The first-order valence-electron chi connectivity index (χ1n) is 7.28. The smallest absolute Gasteiger partial charge is 0.192 e. The summed E-state index contributed by atoms with van der Waals surface area (Å²) in [4.78, 5) is 0. The highest BCUT2D eigenvalue weighted by Gasteiger charge is 2.40. The lowest BCUT2D eigenvalue weighted by molar-refractivity contribution is 0.129. The summed E-state index contributed by atoms with van der Waals surface area (Å²) in [5.41, 5.74) is 0.389. The molecule has 0 radical (unpaired) electrons. The van der Waals surface area contributed by atoms with Crippen LogP contribution in [0, 0.1) is 11.3 Å². The molecule has 0 saturated carbocycles. The van der Waals surface area contributed by atoms with Crippen LogP contribution in [-0.4, -0.2) is 14.4 Å². The van der Waals surface area contributed by atoms with Crippen molar-refractivity contribution in [3.63, 3.8) is 0 Å². The summed E-state index contributed by atoms with van der Waals surface area (Å²) in [7, 11) is -1.63. The van der Waals surface area contributed by atoms with Crippen molar-refractivity contribution in [3.05, 3.63) is 12.2 Å². The molecule has 0 N–H and O–H groups in total. The molecule has 2 atom stereocenters. The van der Waals surface area contributed by atoms with Gasteiger partial charge in [0, 0.05) is 0 Å². The van der Waals surface area contributed by atoms with Gasteiger partial charge in [-0.05, 0) is 42.3 Å². The SMILES string of the molecule is CC(C)(C)[C@H]1CC=C[C@H](O[Si](C)(C)C(C)(C)C)C1. The van der Waals surface area contributed by atoms with Gasteiger partial charge in [0.1, 0.15) is 0 Å². The standard InChI is InChI=1S/C16H32OSi/c1-15(2,3)13-10-9-11-14(12-13)17-18(7,8)16(4,5)6/h9,11,13-14H,10,12H2,1-8H3/t13-,14-/m0/s1.